The third-order valence-corrected chi connectivity index (χ3v) is 7.22. The number of benzene rings is 2. The minimum atomic E-state index is -0.953. The molecule has 3 aromatic rings. The number of rotatable bonds is 7. The summed E-state index contributed by atoms with van der Waals surface area (Å²) in [7, 11) is 0. The lowest BCUT2D eigenvalue weighted by molar-refractivity contribution is -0.135. The predicted molar refractivity (Wildman–Crippen MR) is 129 cm³/mol. The van der Waals surface area contributed by atoms with Crippen LogP contribution in [0.3, 0.4) is 0 Å². The van der Waals surface area contributed by atoms with Crippen molar-refractivity contribution in [3.05, 3.63) is 59.7 Å². The van der Waals surface area contributed by atoms with Crippen molar-refractivity contribution < 1.29 is 19.2 Å². The number of carbonyl (C=O) groups is 4. The molecule has 0 radical (unpaired) electrons. The molecule has 5 amide bonds. The molecule has 0 bridgehead atoms. The lowest BCUT2D eigenvalue weighted by Gasteiger charge is -2.20. The SMILES string of the molecule is CC1(C2CC2)NC(=O)N(CC(=O)NNC(=O)c2ccc(CSc3nc4ccccc4[nH]3)cc2)C1=O. The summed E-state index contributed by atoms with van der Waals surface area (Å²) in [6.07, 6.45) is 1.74. The number of thioether (sulfide) groups is 1. The van der Waals surface area contributed by atoms with Gasteiger partial charge in [-0.15, -0.1) is 0 Å². The van der Waals surface area contributed by atoms with Crippen molar-refractivity contribution in [1.82, 2.24) is 31.0 Å². The Balaban J connectivity index is 1.10. The highest BCUT2D eigenvalue weighted by atomic mass is 32.2. The van der Waals surface area contributed by atoms with Crippen molar-refractivity contribution in [2.24, 2.45) is 5.92 Å². The van der Waals surface area contributed by atoms with E-state index in [2.05, 4.69) is 26.1 Å². The molecule has 2 heterocycles. The number of fused-ring (bicyclic) bond motifs is 1. The molecule has 1 saturated heterocycles. The number of hydrogen-bond donors (Lipinski definition) is 4. The van der Waals surface area contributed by atoms with Gasteiger partial charge in [-0.25, -0.2) is 9.78 Å². The average Bonchev–Trinajstić information content (AvgIpc) is 3.60. The Labute approximate surface area is 205 Å². The molecule has 35 heavy (non-hydrogen) atoms. The summed E-state index contributed by atoms with van der Waals surface area (Å²) in [6.45, 7) is 1.22. The average molecular weight is 493 g/mol. The number of aromatic amines is 1. The van der Waals surface area contributed by atoms with Crippen LogP contribution in [0, 0.1) is 5.92 Å². The maximum Gasteiger partial charge on any atom is 0.325 e. The molecule has 180 valence electrons. The van der Waals surface area contributed by atoms with Gasteiger partial charge in [0.15, 0.2) is 5.16 Å². The van der Waals surface area contributed by atoms with Crippen molar-refractivity contribution in [2.75, 3.05) is 6.54 Å². The van der Waals surface area contributed by atoms with Crippen LogP contribution in [0.25, 0.3) is 11.0 Å². The molecule has 4 N–H and O–H groups in total. The minimum Gasteiger partial charge on any atom is -0.333 e. The summed E-state index contributed by atoms with van der Waals surface area (Å²) in [5.41, 5.74) is 6.90. The van der Waals surface area contributed by atoms with Crippen LogP contribution in [0.2, 0.25) is 0 Å². The molecular formula is C24H24N6O4S. The normalized spacial score (nSPS) is 19.6. The van der Waals surface area contributed by atoms with E-state index in [1.807, 2.05) is 36.4 Å². The maximum absolute atomic E-state index is 12.6. The van der Waals surface area contributed by atoms with Gasteiger partial charge in [0.1, 0.15) is 12.1 Å². The highest BCUT2D eigenvalue weighted by Gasteiger charge is 2.56. The molecule has 10 nitrogen and oxygen atoms in total. The Morgan fingerprint density at radius 3 is 2.57 bits per heavy atom. The minimum absolute atomic E-state index is 0.104. The Morgan fingerprint density at radius 2 is 1.86 bits per heavy atom. The summed E-state index contributed by atoms with van der Waals surface area (Å²) in [5.74, 6) is -0.811. The topological polar surface area (TPSA) is 136 Å². The van der Waals surface area contributed by atoms with Crippen LogP contribution in [0.1, 0.15) is 35.7 Å². The molecule has 1 aliphatic heterocycles. The van der Waals surface area contributed by atoms with Gasteiger partial charge in [0.25, 0.3) is 17.7 Å². The fraction of sp³-hybridized carbons (Fsp3) is 0.292. The zero-order valence-electron chi connectivity index (χ0n) is 19.0. The molecular weight excluding hydrogens is 468 g/mol. The molecule has 2 aliphatic rings. The lowest BCUT2D eigenvalue weighted by atomic mass is 9.96. The summed E-state index contributed by atoms with van der Waals surface area (Å²) in [5, 5.41) is 3.50. The van der Waals surface area contributed by atoms with E-state index in [0.717, 1.165) is 39.5 Å². The van der Waals surface area contributed by atoms with Gasteiger partial charge >= 0.3 is 6.03 Å². The zero-order chi connectivity index (χ0) is 24.6. The van der Waals surface area contributed by atoms with E-state index in [1.54, 1.807) is 30.8 Å². The lowest BCUT2D eigenvalue weighted by Crippen LogP contribution is -2.49. The van der Waals surface area contributed by atoms with Gasteiger partial charge < -0.3 is 10.3 Å². The van der Waals surface area contributed by atoms with E-state index < -0.39 is 35.8 Å². The second-order valence-electron chi connectivity index (χ2n) is 8.85. The molecule has 2 aromatic carbocycles. The number of aromatic nitrogens is 2. The molecule has 11 heteroatoms. The molecule has 2 fully saturated rings. The number of hydrazine groups is 1. The van der Waals surface area contributed by atoms with Gasteiger partial charge in [-0.1, -0.05) is 36.0 Å². The van der Waals surface area contributed by atoms with Gasteiger partial charge in [-0.3, -0.25) is 30.1 Å². The smallest absolute Gasteiger partial charge is 0.325 e. The fourth-order valence-electron chi connectivity index (χ4n) is 4.08. The Bertz CT molecular complexity index is 1290. The first-order chi connectivity index (χ1) is 16.8. The van der Waals surface area contributed by atoms with Crippen molar-refractivity contribution in [2.45, 2.75) is 36.2 Å². The third-order valence-electron chi connectivity index (χ3n) is 6.27. The largest absolute Gasteiger partial charge is 0.333 e. The number of hydrogen-bond acceptors (Lipinski definition) is 6. The number of imide groups is 1. The monoisotopic (exact) mass is 492 g/mol. The first kappa shape index (κ1) is 22.9. The number of carbonyl (C=O) groups excluding carboxylic acids is 4. The summed E-state index contributed by atoms with van der Waals surface area (Å²) >= 11 is 1.56. The van der Waals surface area contributed by atoms with E-state index in [-0.39, 0.29) is 5.92 Å². The van der Waals surface area contributed by atoms with Crippen LogP contribution in [-0.4, -0.2) is 50.7 Å². The number of imidazole rings is 1. The molecule has 5 rings (SSSR count). The standard InChI is InChI=1S/C24H24N6O4S/c1-24(16-10-11-16)21(33)30(23(34)27-24)12-19(31)28-29-20(32)15-8-6-14(7-9-15)13-35-22-25-17-4-2-3-5-18(17)26-22/h2-9,16H,10-13H2,1H3,(H,25,26)(H,27,34)(H,28,31)(H,29,32). The van der Waals surface area contributed by atoms with Crippen molar-refractivity contribution in [1.29, 1.82) is 0 Å². The number of urea groups is 1. The number of H-pyrrole nitrogens is 1. The number of para-hydroxylation sites is 2. The van der Waals surface area contributed by atoms with Crippen LogP contribution in [0.5, 0.6) is 0 Å². The summed E-state index contributed by atoms with van der Waals surface area (Å²) in [6, 6.07) is 14.2. The highest BCUT2D eigenvalue weighted by molar-refractivity contribution is 7.98. The van der Waals surface area contributed by atoms with Crippen LogP contribution in [0.15, 0.2) is 53.7 Å². The van der Waals surface area contributed by atoms with Crippen molar-refractivity contribution in [3.8, 4) is 0 Å². The Morgan fingerprint density at radius 1 is 1.11 bits per heavy atom. The first-order valence-electron chi connectivity index (χ1n) is 11.2. The van der Waals surface area contributed by atoms with Crippen LogP contribution in [-0.2, 0) is 15.3 Å². The molecule has 1 atom stereocenters. The van der Waals surface area contributed by atoms with E-state index in [1.165, 1.54) is 0 Å². The molecule has 1 saturated carbocycles. The Kier molecular flexibility index (Phi) is 5.93. The highest BCUT2D eigenvalue weighted by Crippen LogP contribution is 2.42. The Hall–Kier alpha value is -3.86. The van der Waals surface area contributed by atoms with Crippen LogP contribution in [0.4, 0.5) is 4.79 Å². The third kappa shape index (κ3) is 4.72. The molecule has 0 spiro atoms. The fourth-order valence-corrected chi connectivity index (χ4v) is 4.92. The predicted octanol–water partition coefficient (Wildman–Crippen LogP) is 2.34. The molecule has 1 unspecified atom stereocenters. The second-order valence-corrected chi connectivity index (χ2v) is 9.81. The van der Waals surface area contributed by atoms with E-state index in [0.29, 0.717) is 11.3 Å². The number of nitrogens with one attached hydrogen (secondary N) is 4. The van der Waals surface area contributed by atoms with Gasteiger partial charge in [-0.2, -0.15) is 0 Å². The number of nitrogens with zero attached hydrogens (tertiary/aromatic N) is 2. The second kappa shape index (κ2) is 9.06. The van der Waals surface area contributed by atoms with Gasteiger partial charge in [0, 0.05) is 11.3 Å². The molecule has 1 aliphatic carbocycles. The van der Waals surface area contributed by atoms with E-state index in [4.69, 9.17) is 0 Å². The van der Waals surface area contributed by atoms with Crippen LogP contribution >= 0.6 is 11.8 Å². The summed E-state index contributed by atoms with van der Waals surface area (Å²) < 4.78 is 0. The van der Waals surface area contributed by atoms with E-state index in [9.17, 15) is 19.2 Å². The molecule has 1 aromatic heterocycles. The van der Waals surface area contributed by atoms with Gasteiger partial charge in [-0.05, 0) is 55.5 Å². The maximum atomic E-state index is 12.6. The van der Waals surface area contributed by atoms with Crippen molar-refractivity contribution in [3.63, 3.8) is 0 Å². The summed E-state index contributed by atoms with van der Waals surface area (Å²) in [4.78, 5) is 58.1. The first-order valence-corrected chi connectivity index (χ1v) is 12.2. The van der Waals surface area contributed by atoms with Gasteiger partial charge in [0.05, 0.1) is 11.0 Å². The quantitative estimate of drug-likeness (QED) is 0.227. The van der Waals surface area contributed by atoms with E-state index >= 15 is 0 Å². The number of amides is 5. The zero-order valence-corrected chi connectivity index (χ0v) is 19.8. The van der Waals surface area contributed by atoms with Gasteiger partial charge in [0.2, 0.25) is 0 Å². The van der Waals surface area contributed by atoms with Crippen molar-refractivity contribution >= 4 is 46.5 Å². The van der Waals surface area contributed by atoms with Crippen LogP contribution < -0.4 is 16.2 Å².